The normalized spacial score (nSPS) is 13.6. The molecule has 1 aromatic rings. The van der Waals surface area contributed by atoms with E-state index < -0.39 is 21.5 Å². The maximum Gasteiger partial charge on any atom is 0.148 e. The van der Waals surface area contributed by atoms with Crippen molar-refractivity contribution in [3.63, 3.8) is 0 Å². The summed E-state index contributed by atoms with van der Waals surface area (Å²) in [5.74, 6) is -1.28. The molecule has 1 N–H and O–H groups in total. The van der Waals surface area contributed by atoms with Gasteiger partial charge in [-0.15, -0.1) is 0 Å². The molecule has 0 radical (unpaired) electrons. The van der Waals surface area contributed by atoms with Crippen LogP contribution in [0.25, 0.3) is 0 Å². The summed E-state index contributed by atoms with van der Waals surface area (Å²) in [5.41, 5.74) is 0.319. The molecule has 1 unspecified atom stereocenters. The molecular weight excluding hydrogens is 248 g/mol. The van der Waals surface area contributed by atoms with E-state index in [0.717, 1.165) is 12.3 Å². The first-order valence-electron chi connectivity index (χ1n) is 5.15. The second-order valence-electron chi connectivity index (χ2n) is 3.97. The minimum absolute atomic E-state index is 0.0137. The molecule has 0 spiro atoms. The number of nitrogens with one attached hydrogen (secondary N) is 1. The number of sulfone groups is 1. The minimum Gasteiger partial charge on any atom is -0.309 e. The molecule has 0 saturated heterocycles. The molecule has 0 aliphatic rings. The first kappa shape index (κ1) is 14.1. The van der Waals surface area contributed by atoms with E-state index in [1.165, 1.54) is 12.1 Å². The number of hydrogen-bond donors (Lipinski definition) is 1. The Kier molecular flexibility index (Phi) is 4.59. The van der Waals surface area contributed by atoms with Gasteiger partial charge in [-0.3, -0.25) is 0 Å². The molecule has 0 amide bonds. The van der Waals surface area contributed by atoms with Crippen molar-refractivity contribution in [2.45, 2.75) is 13.0 Å². The Morgan fingerprint density at radius 3 is 2.53 bits per heavy atom. The van der Waals surface area contributed by atoms with E-state index >= 15 is 0 Å². The van der Waals surface area contributed by atoms with E-state index in [0.29, 0.717) is 5.56 Å². The summed E-state index contributed by atoms with van der Waals surface area (Å²) < 4.78 is 47.8. The van der Waals surface area contributed by atoms with Gasteiger partial charge in [0.15, 0.2) is 0 Å². The third-order valence-electron chi connectivity index (χ3n) is 2.35. The zero-order chi connectivity index (χ0) is 13.1. The molecule has 1 rings (SSSR count). The predicted molar refractivity (Wildman–Crippen MR) is 62.5 cm³/mol. The monoisotopic (exact) mass is 263 g/mol. The fourth-order valence-electron chi connectivity index (χ4n) is 1.42. The molecule has 0 aliphatic carbocycles. The van der Waals surface area contributed by atoms with E-state index in [2.05, 4.69) is 5.32 Å². The van der Waals surface area contributed by atoms with Crippen molar-refractivity contribution >= 4 is 9.84 Å². The lowest BCUT2D eigenvalue weighted by molar-refractivity contribution is 0.526. The Bertz CT molecular complexity index is 488. The number of hydrogen-bond acceptors (Lipinski definition) is 3. The number of benzene rings is 1. The average Bonchev–Trinajstić information content (AvgIpc) is 2.15. The Morgan fingerprint density at radius 2 is 2.00 bits per heavy atom. The summed E-state index contributed by atoms with van der Waals surface area (Å²) in [6.45, 7) is 1.93. The van der Waals surface area contributed by atoms with E-state index in [-0.39, 0.29) is 18.3 Å². The highest BCUT2D eigenvalue weighted by Crippen LogP contribution is 2.17. The molecule has 6 heteroatoms. The maximum absolute atomic E-state index is 13.4. The van der Waals surface area contributed by atoms with Gasteiger partial charge in [-0.2, -0.15) is 0 Å². The van der Waals surface area contributed by atoms with Crippen molar-refractivity contribution in [1.29, 1.82) is 0 Å². The van der Waals surface area contributed by atoms with Crippen LogP contribution in [0, 0.1) is 11.6 Å². The smallest absolute Gasteiger partial charge is 0.148 e. The minimum atomic E-state index is -3.04. The van der Waals surface area contributed by atoms with Crippen molar-refractivity contribution in [2.24, 2.45) is 0 Å². The van der Waals surface area contributed by atoms with Gasteiger partial charge in [-0.05, 0) is 13.0 Å². The maximum atomic E-state index is 13.4. The molecule has 0 aliphatic heterocycles. The second kappa shape index (κ2) is 5.55. The van der Waals surface area contributed by atoms with Crippen LogP contribution in [0.3, 0.4) is 0 Å². The Labute approximate surface area is 99.8 Å². The first-order valence-corrected chi connectivity index (χ1v) is 7.22. The highest BCUT2D eigenvalue weighted by molar-refractivity contribution is 7.90. The Balaban J connectivity index is 2.61. The molecular formula is C11H15F2NO2S. The standard InChI is InChI=1S/C11H15F2NO2S/c1-8(14-5-6-17(2,15)16)10-4-3-9(12)7-11(10)13/h3-4,7-8,14H,5-6H2,1-2H3. The van der Waals surface area contributed by atoms with E-state index in [9.17, 15) is 17.2 Å². The van der Waals surface area contributed by atoms with Crippen LogP contribution in [0.5, 0.6) is 0 Å². The molecule has 1 aromatic carbocycles. The predicted octanol–water partition coefficient (Wildman–Crippen LogP) is 1.66. The topological polar surface area (TPSA) is 46.2 Å². The Morgan fingerprint density at radius 1 is 1.35 bits per heavy atom. The van der Waals surface area contributed by atoms with Crippen LogP contribution in [-0.4, -0.2) is 27.0 Å². The van der Waals surface area contributed by atoms with Gasteiger partial charge in [0.25, 0.3) is 0 Å². The van der Waals surface area contributed by atoms with Crippen molar-refractivity contribution in [3.05, 3.63) is 35.4 Å². The molecule has 96 valence electrons. The van der Waals surface area contributed by atoms with E-state index in [1.807, 2.05) is 0 Å². The van der Waals surface area contributed by atoms with Crippen LogP contribution in [0.15, 0.2) is 18.2 Å². The Hall–Kier alpha value is -1.01. The summed E-state index contributed by atoms with van der Waals surface area (Å²) in [4.78, 5) is 0. The van der Waals surface area contributed by atoms with E-state index in [1.54, 1.807) is 6.92 Å². The van der Waals surface area contributed by atoms with Gasteiger partial charge in [-0.25, -0.2) is 17.2 Å². The lowest BCUT2D eigenvalue weighted by atomic mass is 10.1. The molecule has 0 fully saturated rings. The van der Waals surface area contributed by atoms with Gasteiger partial charge in [0.05, 0.1) is 5.75 Å². The molecule has 0 aromatic heterocycles. The number of rotatable bonds is 5. The van der Waals surface area contributed by atoms with E-state index in [4.69, 9.17) is 0 Å². The van der Waals surface area contributed by atoms with Crippen LogP contribution in [0.2, 0.25) is 0 Å². The van der Waals surface area contributed by atoms with Crippen molar-refractivity contribution < 1.29 is 17.2 Å². The van der Waals surface area contributed by atoms with Crippen LogP contribution in [0.1, 0.15) is 18.5 Å². The van der Waals surface area contributed by atoms with Gasteiger partial charge < -0.3 is 5.32 Å². The summed E-state index contributed by atoms with van der Waals surface area (Å²) in [7, 11) is -3.04. The van der Waals surface area contributed by atoms with Crippen LogP contribution < -0.4 is 5.32 Å². The lowest BCUT2D eigenvalue weighted by Gasteiger charge is -2.14. The summed E-state index contributed by atoms with van der Waals surface area (Å²) in [6, 6.07) is 2.97. The molecule has 3 nitrogen and oxygen atoms in total. The molecule has 17 heavy (non-hydrogen) atoms. The zero-order valence-electron chi connectivity index (χ0n) is 9.70. The zero-order valence-corrected chi connectivity index (χ0v) is 10.5. The highest BCUT2D eigenvalue weighted by Gasteiger charge is 2.11. The molecule has 1 atom stereocenters. The fourth-order valence-corrected chi connectivity index (χ4v) is 1.91. The van der Waals surface area contributed by atoms with Gasteiger partial charge >= 0.3 is 0 Å². The largest absolute Gasteiger partial charge is 0.309 e. The third-order valence-corrected chi connectivity index (χ3v) is 3.30. The fraction of sp³-hybridized carbons (Fsp3) is 0.455. The van der Waals surface area contributed by atoms with Gasteiger partial charge in [-0.1, -0.05) is 6.07 Å². The average molecular weight is 263 g/mol. The van der Waals surface area contributed by atoms with Crippen LogP contribution >= 0.6 is 0 Å². The lowest BCUT2D eigenvalue weighted by Crippen LogP contribution is -2.25. The molecule has 0 heterocycles. The van der Waals surface area contributed by atoms with Gasteiger partial charge in [0.2, 0.25) is 0 Å². The van der Waals surface area contributed by atoms with Crippen molar-refractivity contribution in [1.82, 2.24) is 5.32 Å². The van der Waals surface area contributed by atoms with Crippen molar-refractivity contribution in [3.8, 4) is 0 Å². The first-order chi connectivity index (χ1) is 7.79. The van der Waals surface area contributed by atoms with Crippen LogP contribution in [0.4, 0.5) is 8.78 Å². The number of halogens is 2. The highest BCUT2D eigenvalue weighted by atomic mass is 32.2. The summed E-state index contributed by atoms with van der Waals surface area (Å²) in [6.07, 6.45) is 1.14. The van der Waals surface area contributed by atoms with Gasteiger partial charge in [0, 0.05) is 30.5 Å². The molecule has 0 saturated carbocycles. The quantitative estimate of drug-likeness (QED) is 0.879. The third kappa shape index (κ3) is 4.79. The SMILES string of the molecule is CC(NCCS(C)(=O)=O)c1ccc(F)cc1F. The summed E-state index contributed by atoms with van der Waals surface area (Å²) >= 11 is 0. The summed E-state index contributed by atoms with van der Waals surface area (Å²) in [5, 5.41) is 2.87. The molecule has 0 bridgehead atoms. The van der Waals surface area contributed by atoms with Crippen LogP contribution in [-0.2, 0) is 9.84 Å². The second-order valence-corrected chi connectivity index (χ2v) is 6.23. The van der Waals surface area contributed by atoms with Crippen molar-refractivity contribution in [2.75, 3.05) is 18.6 Å². The van der Waals surface area contributed by atoms with Gasteiger partial charge in [0.1, 0.15) is 21.5 Å².